The van der Waals surface area contributed by atoms with Crippen LogP contribution in [0.3, 0.4) is 0 Å². The lowest BCUT2D eigenvalue weighted by Crippen LogP contribution is -2.34. The number of anilines is 2. The molecule has 6 heteroatoms. The summed E-state index contributed by atoms with van der Waals surface area (Å²) in [6.45, 7) is 7.59. The summed E-state index contributed by atoms with van der Waals surface area (Å²) in [5, 5.41) is 8.40. The highest BCUT2D eigenvalue weighted by Gasteiger charge is 2.07. The summed E-state index contributed by atoms with van der Waals surface area (Å²) in [6, 6.07) is 15.7. The van der Waals surface area contributed by atoms with Gasteiger partial charge in [-0.25, -0.2) is 4.79 Å². The Morgan fingerprint density at radius 1 is 0.846 bits per heavy atom. The van der Waals surface area contributed by atoms with Crippen molar-refractivity contribution in [1.82, 2.24) is 10.2 Å². The van der Waals surface area contributed by atoms with E-state index in [1.54, 1.807) is 24.3 Å². The number of para-hydroxylation sites is 1. The molecule has 138 valence electrons. The Hall–Kier alpha value is -2.86. The molecule has 0 saturated carbocycles. The molecule has 0 unspecified atom stereocenters. The van der Waals surface area contributed by atoms with Crippen molar-refractivity contribution in [3.05, 3.63) is 60.2 Å². The van der Waals surface area contributed by atoms with Gasteiger partial charge in [0.05, 0.1) is 0 Å². The molecule has 0 aliphatic carbocycles. The summed E-state index contributed by atoms with van der Waals surface area (Å²) in [4.78, 5) is 26.4. The summed E-state index contributed by atoms with van der Waals surface area (Å²) in [5.74, 6) is -0.113. The van der Waals surface area contributed by atoms with E-state index in [9.17, 15) is 9.59 Å². The minimum Gasteiger partial charge on any atom is -0.351 e. The molecule has 0 fully saturated rings. The van der Waals surface area contributed by atoms with Gasteiger partial charge in [-0.05, 0) is 49.5 Å². The highest BCUT2D eigenvalue weighted by atomic mass is 16.2. The molecule has 0 aromatic heterocycles. The first-order chi connectivity index (χ1) is 12.6. The largest absolute Gasteiger partial charge is 0.351 e. The normalized spacial score (nSPS) is 10.4. The molecule has 2 aromatic rings. The lowest BCUT2D eigenvalue weighted by atomic mass is 10.2. The van der Waals surface area contributed by atoms with Gasteiger partial charge in [0, 0.05) is 30.0 Å². The van der Waals surface area contributed by atoms with E-state index in [0.717, 1.165) is 19.6 Å². The Balaban J connectivity index is 1.81. The minimum absolute atomic E-state index is 0.113. The molecule has 3 N–H and O–H groups in total. The fraction of sp³-hybridized carbons (Fsp3) is 0.300. The molecule has 0 aliphatic rings. The third-order valence-corrected chi connectivity index (χ3v) is 4.04. The van der Waals surface area contributed by atoms with Crippen molar-refractivity contribution in [1.29, 1.82) is 0 Å². The molecule has 3 amide bonds. The first-order valence-electron chi connectivity index (χ1n) is 8.86. The van der Waals surface area contributed by atoms with Crippen LogP contribution in [-0.4, -0.2) is 43.0 Å². The van der Waals surface area contributed by atoms with Crippen molar-refractivity contribution in [3.63, 3.8) is 0 Å². The fourth-order valence-corrected chi connectivity index (χ4v) is 2.49. The van der Waals surface area contributed by atoms with E-state index in [-0.39, 0.29) is 11.9 Å². The second-order valence-electron chi connectivity index (χ2n) is 5.81. The Morgan fingerprint density at radius 2 is 1.42 bits per heavy atom. The van der Waals surface area contributed by atoms with Crippen LogP contribution in [0.1, 0.15) is 24.2 Å². The van der Waals surface area contributed by atoms with Gasteiger partial charge in [0.15, 0.2) is 0 Å². The van der Waals surface area contributed by atoms with E-state index in [0.29, 0.717) is 23.5 Å². The fourth-order valence-electron chi connectivity index (χ4n) is 2.49. The van der Waals surface area contributed by atoms with Gasteiger partial charge >= 0.3 is 6.03 Å². The second-order valence-corrected chi connectivity index (χ2v) is 5.81. The van der Waals surface area contributed by atoms with E-state index in [2.05, 4.69) is 34.7 Å². The highest BCUT2D eigenvalue weighted by Crippen LogP contribution is 2.11. The van der Waals surface area contributed by atoms with Crippen LogP contribution in [-0.2, 0) is 0 Å². The molecule has 0 bridgehead atoms. The van der Waals surface area contributed by atoms with Gasteiger partial charge in [0.2, 0.25) is 0 Å². The van der Waals surface area contributed by atoms with E-state index in [1.165, 1.54) is 0 Å². The maximum absolute atomic E-state index is 12.1. The van der Waals surface area contributed by atoms with E-state index in [4.69, 9.17) is 0 Å². The molecule has 0 spiro atoms. The van der Waals surface area contributed by atoms with Crippen LogP contribution >= 0.6 is 0 Å². The molecule has 0 heterocycles. The van der Waals surface area contributed by atoms with Crippen molar-refractivity contribution in [2.75, 3.05) is 36.8 Å². The zero-order chi connectivity index (χ0) is 18.8. The Bertz CT molecular complexity index is 698. The molecule has 0 atom stereocenters. The average molecular weight is 354 g/mol. The summed E-state index contributed by atoms with van der Waals surface area (Å²) >= 11 is 0. The van der Waals surface area contributed by atoms with Gasteiger partial charge in [-0.3, -0.25) is 4.79 Å². The Kier molecular flexibility index (Phi) is 7.64. The van der Waals surface area contributed by atoms with Crippen LogP contribution in [0.4, 0.5) is 16.2 Å². The molecule has 2 rings (SSSR count). The van der Waals surface area contributed by atoms with Crippen LogP contribution in [0.5, 0.6) is 0 Å². The average Bonchev–Trinajstić information content (AvgIpc) is 2.66. The van der Waals surface area contributed by atoms with Crippen molar-refractivity contribution in [3.8, 4) is 0 Å². The van der Waals surface area contributed by atoms with Gasteiger partial charge in [-0.15, -0.1) is 0 Å². The third kappa shape index (κ3) is 6.22. The molecule has 6 nitrogen and oxygen atoms in total. The zero-order valence-electron chi connectivity index (χ0n) is 15.3. The minimum atomic E-state index is -0.326. The standard InChI is InChI=1S/C20H26N4O2/c1-3-24(4-2)15-14-21-19(25)16-10-12-18(13-11-16)23-20(26)22-17-8-6-5-7-9-17/h5-13H,3-4,14-15H2,1-2H3,(H,21,25)(H2,22,23,26). The molecule has 0 aliphatic heterocycles. The number of hydrogen-bond donors (Lipinski definition) is 3. The van der Waals surface area contributed by atoms with Crippen LogP contribution < -0.4 is 16.0 Å². The van der Waals surface area contributed by atoms with Crippen molar-refractivity contribution >= 4 is 23.3 Å². The first-order valence-corrected chi connectivity index (χ1v) is 8.86. The van der Waals surface area contributed by atoms with E-state index >= 15 is 0 Å². The van der Waals surface area contributed by atoms with Crippen molar-refractivity contribution < 1.29 is 9.59 Å². The summed E-state index contributed by atoms with van der Waals surface area (Å²) < 4.78 is 0. The molecule has 2 aromatic carbocycles. The maximum Gasteiger partial charge on any atom is 0.323 e. The zero-order valence-corrected chi connectivity index (χ0v) is 15.3. The third-order valence-electron chi connectivity index (χ3n) is 4.04. The van der Waals surface area contributed by atoms with Crippen molar-refractivity contribution in [2.45, 2.75) is 13.8 Å². The maximum atomic E-state index is 12.1. The number of carbonyl (C=O) groups is 2. The molecule has 26 heavy (non-hydrogen) atoms. The predicted octanol–water partition coefficient (Wildman–Crippen LogP) is 3.40. The second kappa shape index (κ2) is 10.2. The number of hydrogen-bond acceptors (Lipinski definition) is 3. The molecule has 0 saturated heterocycles. The molecular formula is C20H26N4O2. The lowest BCUT2D eigenvalue weighted by molar-refractivity contribution is 0.0949. The Labute approximate surface area is 154 Å². The number of urea groups is 1. The summed E-state index contributed by atoms with van der Waals surface area (Å²) in [5.41, 5.74) is 1.91. The summed E-state index contributed by atoms with van der Waals surface area (Å²) in [6.07, 6.45) is 0. The molecule has 0 radical (unpaired) electrons. The number of likely N-dealkylation sites (N-methyl/N-ethyl adjacent to an activating group) is 1. The number of benzene rings is 2. The van der Waals surface area contributed by atoms with Crippen LogP contribution in [0, 0.1) is 0 Å². The van der Waals surface area contributed by atoms with Crippen molar-refractivity contribution in [2.24, 2.45) is 0 Å². The van der Waals surface area contributed by atoms with Crippen LogP contribution in [0.15, 0.2) is 54.6 Å². The van der Waals surface area contributed by atoms with E-state index < -0.39 is 0 Å². The monoisotopic (exact) mass is 354 g/mol. The molecular weight excluding hydrogens is 328 g/mol. The lowest BCUT2D eigenvalue weighted by Gasteiger charge is -2.18. The van der Waals surface area contributed by atoms with Crippen LogP contribution in [0.2, 0.25) is 0 Å². The highest BCUT2D eigenvalue weighted by molar-refractivity contribution is 6.00. The number of nitrogens with zero attached hydrogens (tertiary/aromatic N) is 1. The predicted molar refractivity (Wildman–Crippen MR) is 106 cm³/mol. The van der Waals surface area contributed by atoms with Gasteiger partial charge in [0.1, 0.15) is 0 Å². The van der Waals surface area contributed by atoms with E-state index in [1.807, 2.05) is 30.3 Å². The number of rotatable bonds is 8. The van der Waals surface area contributed by atoms with Crippen LogP contribution in [0.25, 0.3) is 0 Å². The Morgan fingerprint density at radius 3 is 2.00 bits per heavy atom. The first kappa shape index (κ1) is 19.5. The number of amides is 3. The number of carbonyl (C=O) groups excluding carboxylic acids is 2. The SMILES string of the molecule is CCN(CC)CCNC(=O)c1ccc(NC(=O)Nc2ccccc2)cc1. The van der Waals surface area contributed by atoms with Gasteiger partial charge in [0.25, 0.3) is 5.91 Å². The quantitative estimate of drug-likeness (QED) is 0.680. The smallest absolute Gasteiger partial charge is 0.323 e. The van der Waals surface area contributed by atoms with Gasteiger partial charge in [-0.2, -0.15) is 0 Å². The van der Waals surface area contributed by atoms with Gasteiger partial charge < -0.3 is 20.9 Å². The van der Waals surface area contributed by atoms with Gasteiger partial charge in [-0.1, -0.05) is 32.0 Å². The summed E-state index contributed by atoms with van der Waals surface area (Å²) in [7, 11) is 0. The topological polar surface area (TPSA) is 73.5 Å². The number of nitrogens with one attached hydrogen (secondary N) is 3.